The molecule has 5 nitrogen and oxygen atoms in total. The van der Waals surface area contributed by atoms with E-state index in [0.717, 1.165) is 5.69 Å². The van der Waals surface area contributed by atoms with Crippen molar-refractivity contribution in [1.82, 2.24) is 15.0 Å². The summed E-state index contributed by atoms with van der Waals surface area (Å²) in [5, 5.41) is 3.01. The second-order valence-electron chi connectivity index (χ2n) is 2.97. The number of rotatable bonds is 3. The number of nitrogens with zero attached hydrogens (tertiary/aromatic N) is 2. The van der Waals surface area contributed by atoms with Crippen molar-refractivity contribution in [1.29, 1.82) is 0 Å². The molecule has 0 saturated heterocycles. The molecular formula is C10H10N4O. The monoisotopic (exact) mass is 202 g/mol. The van der Waals surface area contributed by atoms with E-state index in [4.69, 9.17) is 0 Å². The minimum Gasteiger partial charge on any atom is -0.364 e. The molecule has 0 fully saturated rings. The molecule has 0 saturated carbocycles. The van der Waals surface area contributed by atoms with Gasteiger partial charge in [-0.3, -0.25) is 9.78 Å². The molecule has 0 aliphatic carbocycles. The first-order valence-corrected chi connectivity index (χ1v) is 4.53. The third-order valence-electron chi connectivity index (χ3n) is 1.86. The first-order valence-electron chi connectivity index (χ1n) is 4.53. The molecule has 2 aromatic rings. The average molecular weight is 202 g/mol. The summed E-state index contributed by atoms with van der Waals surface area (Å²) in [6.45, 7) is 0.553. The summed E-state index contributed by atoms with van der Waals surface area (Å²) in [7, 11) is 0. The zero-order valence-electron chi connectivity index (χ0n) is 7.97. The predicted molar refractivity (Wildman–Crippen MR) is 56.4 cm³/mol. The third kappa shape index (κ3) is 2.63. The van der Waals surface area contributed by atoms with Crippen molar-refractivity contribution in [3.63, 3.8) is 0 Å². The number of hydrogen-bond acceptors (Lipinski definition) is 4. The van der Waals surface area contributed by atoms with Crippen molar-refractivity contribution in [3.8, 4) is 0 Å². The maximum atomic E-state index is 11.0. The van der Waals surface area contributed by atoms with E-state index in [1.807, 2.05) is 18.2 Å². The lowest BCUT2D eigenvalue weighted by Gasteiger charge is -2.03. The van der Waals surface area contributed by atoms with Gasteiger partial charge in [0.25, 0.3) is 5.56 Å². The van der Waals surface area contributed by atoms with Gasteiger partial charge in [-0.05, 0) is 12.1 Å². The number of nitrogens with one attached hydrogen (secondary N) is 2. The zero-order valence-corrected chi connectivity index (χ0v) is 7.97. The Morgan fingerprint density at radius 2 is 2.27 bits per heavy atom. The summed E-state index contributed by atoms with van der Waals surface area (Å²) in [6.07, 6.45) is 3.09. The van der Waals surface area contributed by atoms with Gasteiger partial charge in [-0.15, -0.1) is 0 Å². The molecule has 0 bridgehead atoms. The number of aromatic amines is 1. The van der Waals surface area contributed by atoms with Gasteiger partial charge in [0.15, 0.2) is 0 Å². The topological polar surface area (TPSA) is 70.7 Å². The second-order valence-corrected chi connectivity index (χ2v) is 2.97. The van der Waals surface area contributed by atoms with E-state index in [9.17, 15) is 4.79 Å². The molecule has 0 spiro atoms. The lowest BCUT2D eigenvalue weighted by atomic mass is 10.3. The number of hydrogen-bond donors (Lipinski definition) is 2. The quantitative estimate of drug-likeness (QED) is 0.771. The van der Waals surface area contributed by atoms with Crippen LogP contribution < -0.4 is 10.9 Å². The summed E-state index contributed by atoms with van der Waals surface area (Å²) in [5.41, 5.74) is 0.730. The van der Waals surface area contributed by atoms with Gasteiger partial charge in [0.2, 0.25) is 0 Å². The lowest BCUT2D eigenvalue weighted by molar-refractivity contribution is 1.01. The molecule has 76 valence electrons. The minimum atomic E-state index is -0.173. The van der Waals surface area contributed by atoms with Crippen LogP contribution in [0.25, 0.3) is 0 Å². The van der Waals surface area contributed by atoms with Gasteiger partial charge in [0.1, 0.15) is 5.82 Å². The fraction of sp³-hybridized carbons (Fsp3) is 0.100. The van der Waals surface area contributed by atoms with Gasteiger partial charge in [-0.1, -0.05) is 6.07 Å². The van der Waals surface area contributed by atoms with Crippen molar-refractivity contribution < 1.29 is 0 Å². The van der Waals surface area contributed by atoms with E-state index in [2.05, 4.69) is 20.3 Å². The van der Waals surface area contributed by atoms with Crippen molar-refractivity contribution in [3.05, 3.63) is 52.8 Å². The highest BCUT2D eigenvalue weighted by Gasteiger charge is 1.95. The number of H-pyrrole nitrogens is 1. The van der Waals surface area contributed by atoms with Crippen molar-refractivity contribution in [2.75, 3.05) is 5.32 Å². The molecule has 0 radical (unpaired) electrons. The molecule has 0 atom stereocenters. The molecule has 0 amide bonds. The van der Waals surface area contributed by atoms with Crippen LogP contribution in [0.5, 0.6) is 0 Å². The minimum absolute atomic E-state index is 0.173. The Morgan fingerprint density at radius 1 is 1.33 bits per heavy atom. The Balaban J connectivity index is 2.02. The molecule has 5 heteroatoms. The standard InChI is InChI=1S/C10H10N4O/c15-10-5-9(13-7-14-10)12-6-8-3-1-2-4-11-8/h1-5,7H,6H2,(H2,12,13,14,15). The van der Waals surface area contributed by atoms with Crippen molar-refractivity contribution in [2.45, 2.75) is 6.54 Å². The Bertz CT molecular complexity index is 480. The van der Waals surface area contributed by atoms with Crippen molar-refractivity contribution >= 4 is 5.82 Å². The first kappa shape index (κ1) is 9.39. The van der Waals surface area contributed by atoms with Crippen LogP contribution in [0.2, 0.25) is 0 Å². The van der Waals surface area contributed by atoms with Gasteiger partial charge in [0.05, 0.1) is 18.6 Å². The molecule has 0 unspecified atom stereocenters. The molecule has 0 aromatic carbocycles. The van der Waals surface area contributed by atoms with Crippen LogP contribution in [0.4, 0.5) is 5.82 Å². The Hall–Kier alpha value is -2.17. The molecule has 2 aromatic heterocycles. The smallest absolute Gasteiger partial charge is 0.252 e. The highest BCUT2D eigenvalue weighted by Crippen LogP contribution is 1.99. The first-order chi connectivity index (χ1) is 7.34. The van der Waals surface area contributed by atoms with E-state index in [-0.39, 0.29) is 5.56 Å². The summed E-state index contributed by atoms with van der Waals surface area (Å²) < 4.78 is 0. The number of aromatic nitrogens is 3. The maximum Gasteiger partial charge on any atom is 0.252 e. The fourth-order valence-corrected chi connectivity index (χ4v) is 1.15. The van der Waals surface area contributed by atoms with Crippen LogP contribution in [0, 0.1) is 0 Å². The van der Waals surface area contributed by atoms with E-state index in [0.29, 0.717) is 12.4 Å². The Labute approximate surface area is 86.2 Å². The summed E-state index contributed by atoms with van der Waals surface area (Å²) in [5.74, 6) is 0.546. The molecule has 0 aliphatic rings. The van der Waals surface area contributed by atoms with Crippen LogP contribution in [-0.4, -0.2) is 15.0 Å². The molecule has 2 rings (SSSR count). The Kier molecular flexibility index (Phi) is 2.73. The average Bonchev–Trinajstić information content (AvgIpc) is 2.28. The van der Waals surface area contributed by atoms with Crippen molar-refractivity contribution in [2.24, 2.45) is 0 Å². The van der Waals surface area contributed by atoms with Crippen LogP contribution in [0.1, 0.15) is 5.69 Å². The molecular weight excluding hydrogens is 192 g/mol. The van der Waals surface area contributed by atoms with Gasteiger partial charge in [-0.2, -0.15) is 0 Å². The van der Waals surface area contributed by atoms with E-state index in [1.54, 1.807) is 6.20 Å². The highest BCUT2D eigenvalue weighted by atomic mass is 16.1. The molecule has 2 N–H and O–H groups in total. The van der Waals surface area contributed by atoms with E-state index < -0.39 is 0 Å². The molecule has 0 aliphatic heterocycles. The lowest BCUT2D eigenvalue weighted by Crippen LogP contribution is -2.09. The van der Waals surface area contributed by atoms with E-state index in [1.165, 1.54) is 12.4 Å². The zero-order chi connectivity index (χ0) is 10.5. The summed E-state index contributed by atoms with van der Waals surface area (Å²) >= 11 is 0. The van der Waals surface area contributed by atoms with Gasteiger partial charge >= 0.3 is 0 Å². The van der Waals surface area contributed by atoms with Gasteiger partial charge in [-0.25, -0.2) is 4.98 Å². The van der Waals surface area contributed by atoms with Gasteiger partial charge < -0.3 is 10.3 Å². The van der Waals surface area contributed by atoms with E-state index >= 15 is 0 Å². The van der Waals surface area contributed by atoms with Crippen LogP contribution in [-0.2, 0) is 6.54 Å². The largest absolute Gasteiger partial charge is 0.364 e. The second kappa shape index (κ2) is 4.36. The molecule has 2 heterocycles. The van der Waals surface area contributed by atoms with Crippen LogP contribution >= 0.6 is 0 Å². The number of pyridine rings is 1. The highest BCUT2D eigenvalue weighted by molar-refractivity contribution is 5.32. The summed E-state index contributed by atoms with van der Waals surface area (Å²) in [4.78, 5) is 21.5. The molecule has 15 heavy (non-hydrogen) atoms. The SMILES string of the molecule is O=c1cc(NCc2ccccn2)nc[nH]1. The van der Waals surface area contributed by atoms with Gasteiger partial charge in [0, 0.05) is 12.3 Å². The normalized spacial score (nSPS) is 9.87. The Morgan fingerprint density at radius 3 is 3.00 bits per heavy atom. The van der Waals surface area contributed by atoms with Crippen LogP contribution in [0.15, 0.2) is 41.6 Å². The number of anilines is 1. The summed E-state index contributed by atoms with van der Waals surface area (Å²) in [6, 6.07) is 7.08. The predicted octanol–water partition coefficient (Wildman–Crippen LogP) is 0.777. The fourth-order valence-electron chi connectivity index (χ4n) is 1.15. The third-order valence-corrected chi connectivity index (χ3v) is 1.86. The maximum absolute atomic E-state index is 11.0. The van der Waals surface area contributed by atoms with Crippen LogP contribution in [0.3, 0.4) is 0 Å².